The van der Waals surface area contributed by atoms with E-state index in [1.807, 2.05) is 29.6 Å². The summed E-state index contributed by atoms with van der Waals surface area (Å²) < 4.78 is 1.93. The Balaban J connectivity index is 1.82. The minimum absolute atomic E-state index is 0.0667. The maximum atomic E-state index is 12.6. The Morgan fingerprint density at radius 3 is 2.70 bits per heavy atom. The predicted octanol–water partition coefficient (Wildman–Crippen LogP) is 1.32. The van der Waals surface area contributed by atoms with Crippen molar-refractivity contribution in [2.75, 3.05) is 0 Å². The third-order valence-corrected chi connectivity index (χ3v) is 3.48. The van der Waals surface area contributed by atoms with Crippen molar-refractivity contribution >= 4 is 5.91 Å². The Morgan fingerprint density at radius 2 is 2.15 bits per heavy atom. The molecule has 2 aromatic rings. The number of aryl methyl sites for hydroxylation is 2. The first-order valence-electron chi connectivity index (χ1n) is 6.71. The monoisotopic (exact) mass is 271 g/mol. The molecule has 1 amide bonds. The van der Waals surface area contributed by atoms with E-state index in [4.69, 9.17) is 0 Å². The van der Waals surface area contributed by atoms with Gasteiger partial charge in [-0.3, -0.25) is 9.78 Å². The molecule has 0 bridgehead atoms. The number of carbonyl (C=O) groups excluding carboxylic acids is 1. The fourth-order valence-corrected chi connectivity index (χ4v) is 2.10. The van der Waals surface area contributed by atoms with Gasteiger partial charge in [0.25, 0.3) is 5.91 Å². The number of aromatic nitrogens is 4. The van der Waals surface area contributed by atoms with E-state index in [0.29, 0.717) is 18.3 Å². The first-order chi connectivity index (χ1) is 9.65. The Morgan fingerprint density at radius 1 is 1.35 bits per heavy atom. The SMILES string of the molecule is Cc1cnc(C(=O)N(Cc2nccn2C)C2CC2)cn1. The molecule has 1 fully saturated rings. The summed E-state index contributed by atoms with van der Waals surface area (Å²) in [4.78, 5) is 27.0. The first kappa shape index (κ1) is 12.8. The summed E-state index contributed by atoms with van der Waals surface area (Å²) in [6.07, 6.45) is 8.91. The summed E-state index contributed by atoms with van der Waals surface area (Å²) in [6.45, 7) is 2.37. The molecule has 1 saturated carbocycles. The molecule has 2 aromatic heterocycles. The van der Waals surface area contributed by atoms with E-state index < -0.39 is 0 Å². The van der Waals surface area contributed by atoms with Gasteiger partial charge in [-0.05, 0) is 19.8 Å². The van der Waals surface area contributed by atoms with E-state index >= 15 is 0 Å². The second-order valence-electron chi connectivity index (χ2n) is 5.16. The van der Waals surface area contributed by atoms with Gasteiger partial charge in [-0.2, -0.15) is 0 Å². The molecule has 0 spiro atoms. The van der Waals surface area contributed by atoms with Gasteiger partial charge in [-0.1, -0.05) is 0 Å². The van der Waals surface area contributed by atoms with Crippen LogP contribution in [0.25, 0.3) is 0 Å². The number of hydrogen-bond donors (Lipinski definition) is 0. The van der Waals surface area contributed by atoms with Crippen molar-refractivity contribution in [1.29, 1.82) is 0 Å². The average molecular weight is 271 g/mol. The molecule has 1 aliphatic carbocycles. The normalized spacial score (nSPS) is 14.3. The molecular formula is C14H17N5O. The van der Waals surface area contributed by atoms with Gasteiger partial charge in [0.15, 0.2) is 0 Å². The number of carbonyl (C=O) groups is 1. The first-order valence-corrected chi connectivity index (χ1v) is 6.71. The smallest absolute Gasteiger partial charge is 0.274 e. The fourth-order valence-electron chi connectivity index (χ4n) is 2.10. The van der Waals surface area contributed by atoms with Crippen LogP contribution in [0.15, 0.2) is 24.8 Å². The number of nitrogens with zero attached hydrogens (tertiary/aromatic N) is 5. The number of rotatable bonds is 4. The standard InChI is InChI=1S/C14H17N5O/c1-10-7-17-12(8-16-10)14(20)19(11-3-4-11)9-13-15-5-6-18(13)2/h5-8,11H,3-4,9H2,1-2H3. The van der Waals surface area contributed by atoms with Gasteiger partial charge in [0.2, 0.25) is 0 Å². The highest BCUT2D eigenvalue weighted by atomic mass is 16.2. The maximum Gasteiger partial charge on any atom is 0.274 e. The zero-order valence-corrected chi connectivity index (χ0v) is 11.7. The zero-order valence-electron chi connectivity index (χ0n) is 11.7. The van der Waals surface area contributed by atoms with Crippen molar-refractivity contribution < 1.29 is 4.79 Å². The van der Waals surface area contributed by atoms with E-state index in [-0.39, 0.29) is 5.91 Å². The van der Waals surface area contributed by atoms with Crippen LogP contribution in [0.1, 0.15) is 34.8 Å². The van der Waals surface area contributed by atoms with Crippen LogP contribution in [0, 0.1) is 6.92 Å². The molecule has 0 unspecified atom stereocenters. The van der Waals surface area contributed by atoms with Crippen LogP contribution in [0.2, 0.25) is 0 Å². The highest BCUT2D eigenvalue weighted by Gasteiger charge is 2.34. The number of amides is 1. The molecule has 6 nitrogen and oxygen atoms in total. The van der Waals surface area contributed by atoms with Crippen LogP contribution in [0.4, 0.5) is 0 Å². The van der Waals surface area contributed by atoms with Crippen molar-refractivity contribution in [3.8, 4) is 0 Å². The topological polar surface area (TPSA) is 63.9 Å². The largest absolute Gasteiger partial charge is 0.337 e. The van der Waals surface area contributed by atoms with Crippen molar-refractivity contribution in [3.63, 3.8) is 0 Å². The molecule has 1 aliphatic rings. The summed E-state index contributed by atoms with van der Waals surface area (Å²) in [6, 6.07) is 0.308. The molecular weight excluding hydrogens is 254 g/mol. The molecule has 0 saturated heterocycles. The lowest BCUT2D eigenvalue weighted by Gasteiger charge is -2.21. The molecule has 0 N–H and O–H groups in total. The molecule has 2 heterocycles. The van der Waals surface area contributed by atoms with Gasteiger partial charge in [0.05, 0.1) is 18.4 Å². The average Bonchev–Trinajstić information content (AvgIpc) is 3.20. The van der Waals surface area contributed by atoms with E-state index in [9.17, 15) is 4.79 Å². The van der Waals surface area contributed by atoms with Crippen molar-refractivity contribution in [2.45, 2.75) is 32.4 Å². The molecule has 20 heavy (non-hydrogen) atoms. The molecule has 0 aliphatic heterocycles. The summed E-state index contributed by atoms with van der Waals surface area (Å²) in [5.41, 5.74) is 1.21. The van der Waals surface area contributed by atoms with Crippen LogP contribution in [0.5, 0.6) is 0 Å². The van der Waals surface area contributed by atoms with Crippen LogP contribution in [-0.2, 0) is 13.6 Å². The third-order valence-electron chi connectivity index (χ3n) is 3.48. The molecule has 3 rings (SSSR count). The van der Waals surface area contributed by atoms with Gasteiger partial charge in [-0.25, -0.2) is 9.97 Å². The minimum Gasteiger partial charge on any atom is -0.337 e. The molecule has 104 valence electrons. The van der Waals surface area contributed by atoms with E-state index in [1.54, 1.807) is 18.6 Å². The second kappa shape index (κ2) is 5.03. The summed E-state index contributed by atoms with van der Waals surface area (Å²) in [5, 5.41) is 0. The Hall–Kier alpha value is -2.24. The second-order valence-corrected chi connectivity index (χ2v) is 5.16. The number of imidazole rings is 1. The van der Waals surface area contributed by atoms with Gasteiger partial charge in [0, 0.05) is 31.7 Å². The lowest BCUT2D eigenvalue weighted by molar-refractivity contribution is 0.0717. The highest BCUT2D eigenvalue weighted by molar-refractivity contribution is 5.92. The van der Waals surface area contributed by atoms with Crippen LogP contribution in [-0.4, -0.2) is 36.4 Å². The van der Waals surface area contributed by atoms with Crippen molar-refractivity contribution in [3.05, 3.63) is 42.0 Å². The molecule has 0 aromatic carbocycles. The third kappa shape index (κ3) is 2.54. The fraction of sp³-hybridized carbons (Fsp3) is 0.429. The number of hydrogen-bond acceptors (Lipinski definition) is 4. The Bertz CT molecular complexity index is 615. The zero-order chi connectivity index (χ0) is 14.1. The highest BCUT2D eigenvalue weighted by Crippen LogP contribution is 2.29. The van der Waals surface area contributed by atoms with E-state index in [0.717, 1.165) is 24.4 Å². The van der Waals surface area contributed by atoms with Crippen LogP contribution < -0.4 is 0 Å². The van der Waals surface area contributed by atoms with Gasteiger partial charge in [-0.15, -0.1) is 0 Å². The van der Waals surface area contributed by atoms with Gasteiger partial charge >= 0.3 is 0 Å². The Labute approximate surface area is 117 Å². The lowest BCUT2D eigenvalue weighted by Crippen LogP contribution is -2.34. The minimum atomic E-state index is -0.0667. The quantitative estimate of drug-likeness (QED) is 0.841. The van der Waals surface area contributed by atoms with Crippen molar-refractivity contribution in [2.24, 2.45) is 7.05 Å². The summed E-state index contributed by atoms with van der Waals surface area (Å²) in [5.74, 6) is 0.813. The maximum absolute atomic E-state index is 12.6. The summed E-state index contributed by atoms with van der Waals surface area (Å²) >= 11 is 0. The van der Waals surface area contributed by atoms with E-state index in [2.05, 4.69) is 15.0 Å². The van der Waals surface area contributed by atoms with Crippen LogP contribution >= 0.6 is 0 Å². The summed E-state index contributed by atoms with van der Waals surface area (Å²) in [7, 11) is 1.93. The molecule has 0 atom stereocenters. The predicted molar refractivity (Wildman–Crippen MR) is 72.9 cm³/mol. The van der Waals surface area contributed by atoms with E-state index in [1.165, 1.54) is 0 Å². The lowest BCUT2D eigenvalue weighted by atomic mass is 10.3. The van der Waals surface area contributed by atoms with Gasteiger partial charge in [0.1, 0.15) is 11.5 Å². The van der Waals surface area contributed by atoms with Crippen molar-refractivity contribution in [1.82, 2.24) is 24.4 Å². The van der Waals surface area contributed by atoms with Crippen LogP contribution in [0.3, 0.4) is 0 Å². The molecule has 0 radical (unpaired) electrons. The van der Waals surface area contributed by atoms with Gasteiger partial charge < -0.3 is 9.47 Å². The molecule has 6 heteroatoms. The Kier molecular flexibility index (Phi) is 3.22.